The largest absolute Gasteiger partial charge is 0.481 e. The van der Waals surface area contributed by atoms with Crippen molar-refractivity contribution in [2.45, 2.75) is 38.1 Å². The Morgan fingerprint density at radius 1 is 1.43 bits per heavy atom. The van der Waals surface area contributed by atoms with Gasteiger partial charge in [0.25, 0.3) is 0 Å². The fraction of sp³-hybridized carbons (Fsp3) is 0.643. The van der Waals surface area contributed by atoms with E-state index in [4.69, 9.17) is 10.8 Å². The number of rotatable bonds is 6. The fourth-order valence-corrected chi connectivity index (χ4v) is 2.71. The van der Waals surface area contributed by atoms with Gasteiger partial charge in [0.1, 0.15) is 0 Å². The van der Waals surface area contributed by atoms with Crippen LogP contribution in [0.2, 0.25) is 0 Å². The van der Waals surface area contributed by atoms with Gasteiger partial charge in [-0.1, -0.05) is 0 Å². The van der Waals surface area contributed by atoms with Crippen molar-refractivity contribution in [3.63, 3.8) is 0 Å². The molecule has 7 heteroatoms. The van der Waals surface area contributed by atoms with E-state index in [1.165, 1.54) is 0 Å². The Bertz CT molecular complexity index is 467. The summed E-state index contributed by atoms with van der Waals surface area (Å²) < 4.78 is 0. The van der Waals surface area contributed by atoms with Gasteiger partial charge in [-0.2, -0.15) is 0 Å². The lowest BCUT2D eigenvalue weighted by Gasteiger charge is -2.26. The molecule has 0 spiro atoms. The van der Waals surface area contributed by atoms with E-state index < -0.39 is 12.0 Å². The number of hydrogen-bond acceptors (Lipinski definition) is 4. The van der Waals surface area contributed by atoms with E-state index in [0.29, 0.717) is 31.7 Å². The number of carbonyl (C=O) groups is 2. The number of aliphatic carboxylic acids is 1. The number of carbonyl (C=O) groups excluding carboxylic acids is 1. The lowest BCUT2D eigenvalue weighted by molar-refractivity contribution is -0.143. The number of aromatic nitrogens is 2. The van der Waals surface area contributed by atoms with Crippen LogP contribution in [0.25, 0.3) is 0 Å². The third kappa shape index (κ3) is 4.56. The number of carboxylic acid groups (broad SMARTS) is 1. The number of nitrogens with two attached hydrogens (primary N) is 1. The van der Waals surface area contributed by atoms with Crippen LogP contribution in [-0.2, 0) is 16.0 Å². The lowest BCUT2D eigenvalue weighted by Crippen LogP contribution is -2.44. The second kappa shape index (κ2) is 7.21. The standard InChI is InChI=1S/C14H22N4O3/c15-12(5-11-7-16-8-18-11)13(19)17-6-9-1-3-10(4-2-9)14(20)21/h7-10,12H,1-6,15H2,(H,16,18)(H,17,19)(H,20,21)/t9-,10-,12-/m0/s1. The van der Waals surface area contributed by atoms with Gasteiger partial charge < -0.3 is 21.1 Å². The zero-order chi connectivity index (χ0) is 15.2. The average molecular weight is 294 g/mol. The highest BCUT2D eigenvalue weighted by Crippen LogP contribution is 2.28. The maximum Gasteiger partial charge on any atom is 0.306 e. The maximum absolute atomic E-state index is 11.9. The summed E-state index contributed by atoms with van der Waals surface area (Å²) in [5.74, 6) is -0.766. The van der Waals surface area contributed by atoms with Crippen molar-refractivity contribution in [1.82, 2.24) is 15.3 Å². The molecule has 0 radical (unpaired) electrons. The summed E-state index contributed by atoms with van der Waals surface area (Å²) >= 11 is 0. The molecule has 0 unspecified atom stereocenters. The molecule has 1 amide bonds. The van der Waals surface area contributed by atoms with Crippen LogP contribution in [0.1, 0.15) is 31.4 Å². The first-order valence-electron chi connectivity index (χ1n) is 7.30. The Labute approximate surface area is 123 Å². The summed E-state index contributed by atoms with van der Waals surface area (Å²) in [6.45, 7) is 0.569. The first-order valence-corrected chi connectivity index (χ1v) is 7.30. The molecule has 1 aromatic rings. The van der Waals surface area contributed by atoms with E-state index >= 15 is 0 Å². The van der Waals surface area contributed by atoms with Crippen molar-refractivity contribution in [1.29, 1.82) is 0 Å². The highest BCUT2D eigenvalue weighted by molar-refractivity contribution is 5.81. The number of carboxylic acids is 1. The first kappa shape index (κ1) is 15.5. The van der Waals surface area contributed by atoms with Crippen LogP contribution in [-0.4, -0.2) is 39.5 Å². The number of imidazole rings is 1. The van der Waals surface area contributed by atoms with Gasteiger partial charge in [-0.05, 0) is 31.6 Å². The highest BCUT2D eigenvalue weighted by Gasteiger charge is 2.26. The Hall–Kier alpha value is -1.89. The second-order valence-corrected chi connectivity index (χ2v) is 5.67. The van der Waals surface area contributed by atoms with Crippen molar-refractivity contribution in [2.75, 3.05) is 6.54 Å². The molecule has 1 aliphatic rings. The molecule has 0 bridgehead atoms. The number of amides is 1. The van der Waals surface area contributed by atoms with Gasteiger partial charge in [0.05, 0.1) is 24.0 Å². The number of nitrogens with one attached hydrogen (secondary N) is 2. The Morgan fingerprint density at radius 3 is 2.71 bits per heavy atom. The topological polar surface area (TPSA) is 121 Å². The molecule has 1 atom stereocenters. The molecule has 2 rings (SSSR count). The summed E-state index contributed by atoms with van der Waals surface area (Å²) in [6, 6.07) is -0.608. The van der Waals surface area contributed by atoms with Crippen LogP contribution in [0.5, 0.6) is 0 Å². The van der Waals surface area contributed by atoms with E-state index in [1.54, 1.807) is 12.5 Å². The molecule has 0 saturated heterocycles. The molecule has 1 fully saturated rings. The minimum absolute atomic E-state index is 0.182. The monoisotopic (exact) mass is 294 g/mol. The SMILES string of the molecule is N[C@@H](Cc1c[nH]cn1)C(=O)NC[C@H]1CC[C@H](C(=O)O)CC1. The molecule has 21 heavy (non-hydrogen) atoms. The number of aromatic amines is 1. The molecule has 116 valence electrons. The molecule has 1 aliphatic carbocycles. The van der Waals surface area contributed by atoms with Crippen LogP contribution in [0.4, 0.5) is 0 Å². The second-order valence-electron chi connectivity index (χ2n) is 5.67. The van der Waals surface area contributed by atoms with E-state index in [0.717, 1.165) is 18.5 Å². The molecular weight excluding hydrogens is 272 g/mol. The van der Waals surface area contributed by atoms with Gasteiger partial charge in [-0.25, -0.2) is 4.98 Å². The minimum atomic E-state index is -0.710. The summed E-state index contributed by atoms with van der Waals surface area (Å²) in [6.07, 6.45) is 6.74. The van der Waals surface area contributed by atoms with Crippen LogP contribution < -0.4 is 11.1 Å². The van der Waals surface area contributed by atoms with Gasteiger partial charge >= 0.3 is 5.97 Å². The molecule has 5 N–H and O–H groups in total. The molecule has 1 heterocycles. The third-order valence-corrected chi connectivity index (χ3v) is 4.08. The van der Waals surface area contributed by atoms with Crippen molar-refractivity contribution in [3.05, 3.63) is 18.2 Å². The summed E-state index contributed by atoms with van der Waals surface area (Å²) in [4.78, 5) is 29.7. The van der Waals surface area contributed by atoms with Crippen molar-refractivity contribution < 1.29 is 14.7 Å². The molecule has 0 aromatic carbocycles. The maximum atomic E-state index is 11.9. The Kier molecular flexibility index (Phi) is 5.32. The van der Waals surface area contributed by atoms with Crippen molar-refractivity contribution in [3.8, 4) is 0 Å². The van der Waals surface area contributed by atoms with E-state index in [9.17, 15) is 9.59 Å². The van der Waals surface area contributed by atoms with Crippen LogP contribution in [0, 0.1) is 11.8 Å². The van der Waals surface area contributed by atoms with E-state index in [2.05, 4.69) is 15.3 Å². The Morgan fingerprint density at radius 2 is 2.14 bits per heavy atom. The van der Waals surface area contributed by atoms with Crippen molar-refractivity contribution >= 4 is 11.9 Å². The number of hydrogen-bond donors (Lipinski definition) is 4. The smallest absolute Gasteiger partial charge is 0.306 e. The van der Waals surface area contributed by atoms with Gasteiger partial charge in [0.2, 0.25) is 5.91 Å². The molecule has 0 aliphatic heterocycles. The highest BCUT2D eigenvalue weighted by atomic mass is 16.4. The summed E-state index contributed by atoms with van der Waals surface area (Å²) in [7, 11) is 0. The van der Waals surface area contributed by atoms with Crippen molar-refractivity contribution in [2.24, 2.45) is 17.6 Å². The minimum Gasteiger partial charge on any atom is -0.481 e. The van der Waals surface area contributed by atoms with Gasteiger partial charge in [-0.15, -0.1) is 0 Å². The quantitative estimate of drug-likeness (QED) is 0.600. The predicted octanol–water partition coefficient (Wildman–Crippen LogP) is 0.287. The number of nitrogens with zero attached hydrogens (tertiary/aromatic N) is 1. The zero-order valence-electron chi connectivity index (χ0n) is 11.9. The number of H-pyrrole nitrogens is 1. The summed E-state index contributed by atoms with van der Waals surface area (Å²) in [5.41, 5.74) is 6.61. The molecule has 1 aromatic heterocycles. The van der Waals surface area contributed by atoms with Gasteiger partial charge in [-0.3, -0.25) is 9.59 Å². The fourth-order valence-electron chi connectivity index (χ4n) is 2.71. The zero-order valence-corrected chi connectivity index (χ0v) is 11.9. The molecule has 1 saturated carbocycles. The Balaban J connectivity index is 1.68. The van der Waals surface area contributed by atoms with E-state index in [1.807, 2.05) is 0 Å². The molecule has 7 nitrogen and oxygen atoms in total. The van der Waals surface area contributed by atoms with Crippen LogP contribution in [0.3, 0.4) is 0 Å². The van der Waals surface area contributed by atoms with Crippen LogP contribution >= 0.6 is 0 Å². The summed E-state index contributed by atoms with van der Waals surface area (Å²) in [5, 5.41) is 11.8. The van der Waals surface area contributed by atoms with Gasteiger partial charge in [0, 0.05) is 19.2 Å². The molecular formula is C14H22N4O3. The lowest BCUT2D eigenvalue weighted by atomic mass is 9.82. The van der Waals surface area contributed by atoms with Crippen LogP contribution in [0.15, 0.2) is 12.5 Å². The normalized spacial score (nSPS) is 23.5. The average Bonchev–Trinajstić information content (AvgIpc) is 2.98. The first-order chi connectivity index (χ1) is 10.1. The predicted molar refractivity (Wildman–Crippen MR) is 76.4 cm³/mol. The third-order valence-electron chi connectivity index (χ3n) is 4.08. The van der Waals surface area contributed by atoms with E-state index in [-0.39, 0.29) is 11.8 Å². The van der Waals surface area contributed by atoms with Gasteiger partial charge in [0.15, 0.2) is 0 Å².